The number of aromatic nitrogens is 1. The molecule has 2 heterocycles. The predicted octanol–water partition coefficient (Wildman–Crippen LogP) is 2.96. The van der Waals surface area contributed by atoms with Gasteiger partial charge < -0.3 is 9.32 Å². The van der Waals surface area contributed by atoms with E-state index in [1.165, 1.54) is 0 Å². The lowest BCUT2D eigenvalue weighted by Gasteiger charge is -2.35. The first-order chi connectivity index (χ1) is 13.9. The summed E-state index contributed by atoms with van der Waals surface area (Å²) in [7, 11) is -3.66. The van der Waals surface area contributed by atoms with E-state index in [4.69, 9.17) is 21.2 Å². The van der Waals surface area contributed by atoms with Gasteiger partial charge in [0.15, 0.2) is 0 Å². The molecule has 4 rings (SSSR count). The second-order valence-corrected chi connectivity index (χ2v) is 8.95. The van der Waals surface area contributed by atoms with Crippen LogP contribution in [-0.2, 0) is 16.6 Å². The van der Waals surface area contributed by atoms with Gasteiger partial charge in [-0.3, -0.25) is 4.90 Å². The normalized spacial score (nSPS) is 15.6. The molecule has 0 spiro atoms. The van der Waals surface area contributed by atoms with Crippen LogP contribution in [0.2, 0.25) is 5.02 Å². The van der Waals surface area contributed by atoms with Crippen molar-refractivity contribution in [3.63, 3.8) is 0 Å². The number of oxazole rings is 1. The fraction of sp³-hybridized carbons (Fsp3) is 0.250. The van der Waals surface area contributed by atoms with Crippen LogP contribution in [0.3, 0.4) is 0 Å². The van der Waals surface area contributed by atoms with E-state index in [-0.39, 0.29) is 4.90 Å². The summed E-state index contributed by atoms with van der Waals surface area (Å²) >= 11 is 6.03. The Balaban J connectivity index is 1.35. The Morgan fingerprint density at radius 2 is 1.79 bits per heavy atom. The van der Waals surface area contributed by atoms with Gasteiger partial charge in [-0.1, -0.05) is 17.7 Å². The van der Waals surface area contributed by atoms with E-state index in [1.54, 1.807) is 30.5 Å². The summed E-state index contributed by atoms with van der Waals surface area (Å²) in [4.78, 5) is 9.24. The van der Waals surface area contributed by atoms with E-state index in [1.807, 2.05) is 24.3 Å². The van der Waals surface area contributed by atoms with E-state index < -0.39 is 10.0 Å². The number of rotatable bonds is 5. The van der Waals surface area contributed by atoms with Crippen molar-refractivity contribution in [2.45, 2.75) is 11.4 Å². The fourth-order valence-electron chi connectivity index (χ4n) is 3.37. The molecule has 2 aromatic carbocycles. The van der Waals surface area contributed by atoms with Gasteiger partial charge in [-0.25, -0.2) is 18.5 Å². The van der Waals surface area contributed by atoms with Crippen LogP contribution in [0.4, 0.5) is 5.69 Å². The van der Waals surface area contributed by atoms with E-state index in [9.17, 15) is 8.42 Å². The summed E-state index contributed by atoms with van der Waals surface area (Å²) in [5, 5.41) is 5.80. The maximum atomic E-state index is 11.4. The third-order valence-electron chi connectivity index (χ3n) is 4.91. The van der Waals surface area contributed by atoms with Crippen LogP contribution < -0.4 is 10.0 Å². The molecule has 1 aliphatic rings. The minimum atomic E-state index is -3.66. The molecule has 1 aromatic heterocycles. The molecule has 29 heavy (non-hydrogen) atoms. The Kier molecular flexibility index (Phi) is 5.60. The molecular weight excluding hydrogens is 412 g/mol. The maximum absolute atomic E-state index is 11.4. The van der Waals surface area contributed by atoms with Crippen LogP contribution in [0.5, 0.6) is 0 Å². The van der Waals surface area contributed by atoms with Crippen LogP contribution >= 0.6 is 11.6 Å². The highest BCUT2D eigenvalue weighted by Gasteiger charge is 2.19. The lowest BCUT2D eigenvalue weighted by atomic mass is 10.2. The topological polar surface area (TPSA) is 92.7 Å². The molecule has 0 atom stereocenters. The number of piperazine rings is 1. The molecule has 0 saturated carbocycles. The van der Waals surface area contributed by atoms with Crippen LogP contribution in [0, 0.1) is 0 Å². The zero-order valence-corrected chi connectivity index (χ0v) is 17.2. The summed E-state index contributed by atoms with van der Waals surface area (Å²) in [6.45, 7) is 4.14. The number of halogens is 1. The van der Waals surface area contributed by atoms with E-state index in [0.29, 0.717) is 17.5 Å². The maximum Gasteiger partial charge on any atom is 0.238 e. The predicted molar refractivity (Wildman–Crippen MR) is 112 cm³/mol. The molecule has 0 radical (unpaired) electrons. The Morgan fingerprint density at radius 3 is 2.45 bits per heavy atom. The van der Waals surface area contributed by atoms with Gasteiger partial charge in [0.1, 0.15) is 6.26 Å². The number of nitrogens with two attached hydrogens (primary N) is 1. The number of nitrogens with zero attached hydrogens (tertiary/aromatic N) is 3. The van der Waals surface area contributed by atoms with Gasteiger partial charge in [-0.2, -0.15) is 0 Å². The van der Waals surface area contributed by atoms with Gasteiger partial charge in [0.05, 0.1) is 10.6 Å². The number of hydrogen-bond acceptors (Lipinski definition) is 6. The number of sulfonamides is 1. The molecule has 7 nitrogen and oxygen atoms in total. The molecule has 3 aromatic rings. The van der Waals surface area contributed by atoms with Gasteiger partial charge in [-0.15, -0.1) is 0 Å². The van der Waals surface area contributed by atoms with Crippen molar-refractivity contribution in [1.82, 2.24) is 9.88 Å². The summed E-state index contributed by atoms with van der Waals surface area (Å²) < 4.78 is 28.4. The summed E-state index contributed by atoms with van der Waals surface area (Å²) in [6, 6.07) is 14.1. The summed E-state index contributed by atoms with van der Waals surface area (Å²) in [6.07, 6.45) is 1.69. The Labute approximate surface area is 174 Å². The number of hydrogen-bond donors (Lipinski definition) is 1. The van der Waals surface area contributed by atoms with E-state index in [0.717, 1.165) is 43.1 Å². The van der Waals surface area contributed by atoms with Crippen LogP contribution in [-0.4, -0.2) is 44.5 Å². The van der Waals surface area contributed by atoms with Crippen molar-refractivity contribution in [2.24, 2.45) is 5.14 Å². The lowest BCUT2D eigenvalue weighted by molar-refractivity contribution is 0.247. The zero-order valence-electron chi connectivity index (χ0n) is 15.7. The average molecular weight is 433 g/mol. The molecule has 1 fully saturated rings. The molecule has 0 bridgehead atoms. The molecule has 0 unspecified atom stereocenters. The van der Waals surface area contributed by atoms with Crippen molar-refractivity contribution in [3.8, 4) is 11.5 Å². The van der Waals surface area contributed by atoms with Crippen molar-refractivity contribution < 1.29 is 12.8 Å². The van der Waals surface area contributed by atoms with Gasteiger partial charge in [0, 0.05) is 49.0 Å². The molecule has 0 aliphatic carbocycles. The fourth-order valence-corrected chi connectivity index (χ4v) is 4.08. The van der Waals surface area contributed by atoms with Crippen molar-refractivity contribution in [1.29, 1.82) is 0 Å². The second kappa shape index (κ2) is 8.16. The van der Waals surface area contributed by atoms with Crippen LogP contribution in [0.1, 0.15) is 5.69 Å². The van der Waals surface area contributed by atoms with Gasteiger partial charge >= 0.3 is 0 Å². The quantitative estimate of drug-likeness (QED) is 0.666. The summed E-state index contributed by atoms with van der Waals surface area (Å²) in [5.74, 6) is 0.566. The molecule has 2 N–H and O–H groups in total. The molecule has 152 valence electrons. The SMILES string of the molecule is NS(=O)(=O)c1ccc(N2CCN(Cc3coc(-c4cccc(Cl)c4)n3)CC2)cc1. The number of primary sulfonamides is 1. The third kappa shape index (κ3) is 4.79. The Morgan fingerprint density at radius 1 is 1.07 bits per heavy atom. The summed E-state index contributed by atoms with van der Waals surface area (Å²) in [5.41, 5.74) is 2.73. The minimum Gasteiger partial charge on any atom is -0.444 e. The van der Waals surface area contributed by atoms with Gasteiger partial charge in [0.25, 0.3) is 0 Å². The first-order valence-electron chi connectivity index (χ1n) is 9.19. The molecule has 0 amide bonds. The highest BCUT2D eigenvalue weighted by molar-refractivity contribution is 7.89. The largest absolute Gasteiger partial charge is 0.444 e. The van der Waals surface area contributed by atoms with Crippen LogP contribution in [0.15, 0.2) is 64.1 Å². The number of anilines is 1. The molecular formula is C20H21ClN4O3S. The smallest absolute Gasteiger partial charge is 0.238 e. The molecule has 1 saturated heterocycles. The Hall–Kier alpha value is -2.39. The Bertz CT molecular complexity index is 1090. The zero-order chi connectivity index (χ0) is 20.4. The molecule has 1 aliphatic heterocycles. The lowest BCUT2D eigenvalue weighted by Crippen LogP contribution is -2.46. The number of benzene rings is 2. The highest BCUT2D eigenvalue weighted by Crippen LogP contribution is 2.23. The second-order valence-electron chi connectivity index (χ2n) is 6.96. The highest BCUT2D eigenvalue weighted by atomic mass is 35.5. The first kappa shape index (κ1) is 19.9. The first-order valence-corrected chi connectivity index (χ1v) is 11.1. The van der Waals surface area contributed by atoms with E-state index >= 15 is 0 Å². The molecule has 9 heteroatoms. The van der Waals surface area contributed by atoms with Crippen molar-refractivity contribution in [2.75, 3.05) is 31.1 Å². The van der Waals surface area contributed by atoms with Gasteiger partial charge in [-0.05, 0) is 42.5 Å². The third-order valence-corrected chi connectivity index (χ3v) is 6.08. The monoisotopic (exact) mass is 432 g/mol. The minimum absolute atomic E-state index is 0.126. The van der Waals surface area contributed by atoms with Crippen molar-refractivity contribution >= 4 is 27.3 Å². The van der Waals surface area contributed by atoms with E-state index in [2.05, 4.69) is 14.8 Å². The van der Waals surface area contributed by atoms with Gasteiger partial charge in [0.2, 0.25) is 15.9 Å². The average Bonchev–Trinajstić information content (AvgIpc) is 3.17. The van der Waals surface area contributed by atoms with Crippen molar-refractivity contribution in [3.05, 3.63) is 65.5 Å². The van der Waals surface area contributed by atoms with Crippen LogP contribution in [0.25, 0.3) is 11.5 Å². The standard InChI is InChI=1S/C20H21ClN4O3S/c21-16-3-1-2-15(12-16)20-23-17(14-28-20)13-24-8-10-25(11-9-24)18-4-6-19(7-5-18)29(22,26)27/h1-7,12,14H,8-11,13H2,(H2,22,26,27).